The third-order valence-corrected chi connectivity index (χ3v) is 13.4. The predicted octanol–water partition coefficient (Wildman–Crippen LogP) is 9.81. The molecule has 0 amide bonds. The first-order valence-electron chi connectivity index (χ1n) is 14.8. The average Bonchev–Trinajstić information content (AvgIpc) is 3.01. The molecule has 4 aromatic rings. The molecule has 43 heavy (non-hydrogen) atoms. The lowest BCUT2D eigenvalue weighted by molar-refractivity contribution is 0.410. The highest BCUT2D eigenvalue weighted by molar-refractivity contribution is 7.57. The molecule has 0 aliphatic carbocycles. The minimum Gasteiger partial charge on any atom is -0.496 e. The van der Waals surface area contributed by atoms with E-state index in [1.54, 1.807) is 28.4 Å². The summed E-state index contributed by atoms with van der Waals surface area (Å²) < 4.78 is 23.1. The summed E-state index contributed by atoms with van der Waals surface area (Å²) in [6.07, 6.45) is 6.34. The number of hydrogen-bond acceptors (Lipinski definition) is 4. The Morgan fingerprint density at radius 3 is 0.884 bits per heavy atom. The number of rotatable bonds is 16. The summed E-state index contributed by atoms with van der Waals surface area (Å²) in [4.78, 5) is 0. The predicted molar refractivity (Wildman–Crippen MR) is 184 cm³/mol. The first-order chi connectivity index (χ1) is 20.9. The SMILES string of the molecule is COc1ccccc1CP(Cc1ccccc1OC)CC(C)(C)CP(Cc1ccccc1OC)Cc1ccccc1OC. The molecule has 4 rings (SSSR count). The van der Waals surface area contributed by atoms with E-state index < -0.39 is 15.8 Å². The monoisotopic (exact) mass is 616 g/mol. The first kappa shape index (κ1) is 32.8. The van der Waals surface area contributed by atoms with Gasteiger partial charge < -0.3 is 18.9 Å². The summed E-state index contributed by atoms with van der Waals surface area (Å²) >= 11 is 0. The number of ether oxygens (including phenoxy) is 4. The first-order valence-corrected chi connectivity index (χ1v) is 18.6. The van der Waals surface area contributed by atoms with Crippen LogP contribution in [-0.4, -0.2) is 40.8 Å². The Hall–Kier alpha value is -3.06. The summed E-state index contributed by atoms with van der Waals surface area (Å²) in [5.74, 6) is 3.90. The zero-order chi connectivity index (χ0) is 30.7. The Balaban J connectivity index is 1.63. The van der Waals surface area contributed by atoms with E-state index in [-0.39, 0.29) is 5.41 Å². The summed E-state index contributed by atoms with van der Waals surface area (Å²) in [6, 6.07) is 33.9. The highest BCUT2D eigenvalue weighted by Crippen LogP contribution is 2.55. The molecule has 6 heteroatoms. The molecule has 228 valence electrons. The van der Waals surface area contributed by atoms with Crippen LogP contribution in [0, 0.1) is 5.41 Å². The fourth-order valence-electron chi connectivity index (χ4n) is 5.89. The molecule has 0 aromatic heterocycles. The van der Waals surface area contributed by atoms with Gasteiger partial charge in [0.05, 0.1) is 28.4 Å². The van der Waals surface area contributed by atoms with E-state index in [4.69, 9.17) is 18.9 Å². The lowest BCUT2D eigenvalue weighted by atomic mass is 10.00. The van der Waals surface area contributed by atoms with Gasteiger partial charge in [0.2, 0.25) is 0 Å². The molecule has 0 fully saturated rings. The van der Waals surface area contributed by atoms with Crippen molar-refractivity contribution < 1.29 is 18.9 Å². The Morgan fingerprint density at radius 1 is 0.419 bits per heavy atom. The summed E-state index contributed by atoms with van der Waals surface area (Å²) in [6.45, 7) is 4.93. The molecule has 0 heterocycles. The number of hydrogen-bond donors (Lipinski definition) is 0. The maximum atomic E-state index is 5.78. The highest BCUT2D eigenvalue weighted by atomic mass is 31.1. The number of methoxy groups -OCH3 is 4. The lowest BCUT2D eigenvalue weighted by Crippen LogP contribution is -2.22. The quantitative estimate of drug-likeness (QED) is 0.117. The molecule has 0 aliphatic rings. The van der Waals surface area contributed by atoms with Gasteiger partial charge in [-0.2, -0.15) is 0 Å². The lowest BCUT2D eigenvalue weighted by Gasteiger charge is -2.35. The molecular weight excluding hydrogens is 570 g/mol. The number of benzene rings is 4. The zero-order valence-electron chi connectivity index (χ0n) is 26.5. The van der Waals surface area contributed by atoms with Gasteiger partial charge in [0.1, 0.15) is 23.0 Å². The molecule has 0 bridgehead atoms. The summed E-state index contributed by atoms with van der Waals surface area (Å²) in [5.41, 5.74) is 5.27. The average molecular weight is 617 g/mol. The second-order valence-electron chi connectivity index (χ2n) is 11.7. The highest BCUT2D eigenvalue weighted by Gasteiger charge is 2.29. The van der Waals surface area contributed by atoms with Gasteiger partial charge >= 0.3 is 0 Å². The van der Waals surface area contributed by atoms with Crippen LogP contribution in [0.3, 0.4) is 0 Å². The van der Waals surface area contributed by atoms with Crippen molar-refractivity contribution in [2.75, 3.05) is 40.8 Å². The van der Waals surface area contributed by atoms with E-state index in [1.807, 2.05) is 0 Å². The van der Waals surface area contributed by atoms with Crippen LogP contribution >= 0.6 is 15.8 Å². The van der Waals surface area contributed by atoms with Crippen LogP contribution in [0.25, 0.3) is 0 Å². The molecule has 0 atom stereocenters. The van der Waals surface area contributed by atoms with E-state index in [2.05, 4.69) is 111 Å². The summed E-state index contributed by atoms with van der Waals surface area (Å²) in [7, 11) is 6.26. The van der Waals surface area contributed by atoms with Gasteiger partial charge in [-0.25, -0.2) is 0 Å². The maximum absolute atomic E-state index is 5.78. The van der Waals surface area contributed by atoms with Crippen molar-refractivity contribution in [3.63, 3.8) is 0 Å². The van der Waals surface area contributed by atoms with Crippen LogP contribution < -0.4 is 18.9 Å². The fraction of sp³-hybridized carbons (Fsp3) is 0.351. The Bertz CT molecular complexity index is 1230. The van der Waals surface area contributed by atoms with E-state index in [0.29, 0.717) is 0 Å². The van der Waals surface area contributed by atoms with Crippen molar-refractivity contribution >= 4 is 15.8 Å². The van der Waals surface area contributed by atoms with E-state index >= 15 is 0 Å². The molecule has 0 unspecified atom stereocenters. The van der Waals surface area contributed by atoms with Crippen molar-refractivity contribution in [3.8, 4) is 23.0 Å². The maximum Gasteiger partial charge on any atom is 0.122 e. The third kappa shape index (κ3) is 9.46. The van der Waals surface area contributed by atoms with E-state index in [9.17, 15) is 0 Å². The molecule has 4 aromatic carbocycles. The summed E-state index contributed by atoms with van der Waals surface area (Å²) in [5, 5.41) is 0. The van der Waals surface area contributed by atoms with Gasteiger partial charge in [-0.3, -0.25) is 0 Å². The molecule has 0 saturated heterocycles. The van der Waals surface area contributed by atoms with Gasteiger partial charge in [-0.15, -0.1) is 0 Å². The smallest absolute Gasteiger partial charge is 0.122 e. The van der Waals surface area contributed by atoms with Gasteiger partial charge in [0, 0.05) is 0 Å². The Kier molecular flexibility index (Phi) is 12.3. The van der Waals surface area contributed by atoms with Crippen LogP contribution in [0.15, 0.2) is 97.1 Å². The van der Waals surface area contributed by atoms with Crippen LogP contribution in [0.5, 0.6) is 23.0 Å². The van der Waals surface area contributed by atoms with Crippen LogP contribution in [-0.2, 0) is 24.6 Å². The van der Waals surface area contributed by atoms with Crippen LogP contribution in [0.4, 0.5) is 0 Å². The van der Waals surface area contributed by atoms with Crippen LogP contribution in [0.2, 0.25) is 0 Å². The van der Waals surface area contributed by atoms with Gasteiger partial charge in [0.15, 0.2) is 0 Å². The Labute approximate surface area is 261 Å². The zero-order valence-corrected chi connectivity index (χ0v) is 28.3. The van der Waals surface area contributed by atoms with E-state index in [0.717, 1.165) is 60.0 Å². The normalized spacial score (nSPS) is 11.5. The number of para-hydroxylation sites is 4. The fourth-order valence-corrected chi connectivity index (χ4v) is 12.4. The minimum absolute atomic E-state index is 0.130. The van der Waals surface area contributed by atoms with Crippen molar-refractivity contribution in [2.24, 2.45) is 5.41 Å². The molecule has 0 aliphatic heterocycles. The van der Waals surface area contributed by atoms with Crippen LogP contribution in [0.1, 0.15) is 36.1 Å². The van der Waals surface area contributed by atoms with Crippen molar-refractivity contribution in [1.29, 1.82) is 0 Å². The molecule has 0 spiro atoms. The second-order valence-corrected chi connectivity index (χ2v) is 16.3. The van der Waals surface area contributed by atoms with Crippen molar-refractivity contribution in [2.45, 2.75) is 38.5 Å². The van der Waals surface area contributed by atoms with Crippen molar-refractivity contribution in [1.82, 2.24) is 0 Å². The third-order valence-electron chi connectivity index (χ3n) is 7.65. The molecule has 4 nitrogen and oxygen atoms in total. The topological polar surface area (TPSA) is 36.9 Å². The minimum atomic E-state index is -0.412. The molecule has 0 radical (unpaired) electrons. The second kappa shape index (κ2) is 16.1. The Morgan fingerprint density at radius 2 is 0.651 bits per heavy atom. The van der Waals surface area contributed by atoms with Gasteiger partial charge in [-0.05, 0) is 88.9 Å². The van der Waals surface area contributed by atoms with E-state index in [1.165, 1.54) is 22.3 Å². The standard InChI is InChI=1S/C37H46O4P2/c1-37(2,27-42(23-29-15-7-11-19-33(29)38-3)24-30-16-8-12-20-34(30)39-4)28-43(25-31-17-9-13-21-35(31)40-5)26-32-18-10-14-22-36(32)41-6/h7-22H,23-28H2,1-6H3. The molecule has 0 saturated carbocycles. The molecule has 0 N–H and O–H groups in total. The van der Waals surface area contributed by atoms with Gasteiger partial charge in [-0.1, -0.05) is 102 Å². The molecular formula is C37H46O4P2. The van der Waals surface area contributed by atoms with Gasteiger partial charge in [0.25, 0.3) is 0 Å². The largest absolute Gasteiger partial charge is 0.496 e. The van der Waals surface area contributed by atoms with Crippen molar-refractivity contribution in [3.05, 3.63) is 119 Å².